The first kappa shape index (κ1) is 17.1. The molecule has 1 heterocycles. The minimum absolute atomic E-state index is 0.269. The largest absolute Gasteiger partial charge is 0.497 e. The zero-order chi connectivity index (χ0) is 17.4. The highest BCUT2D eigenvalue weighted by atomic mass is 35.5. The number of aryl methyl sites for hydroxylation is 2. The van der Waals surface area contributed by atoms with Crippen LogP contribution in [0.1, 0.15) is 20.8 Å². The molecule has 1 amide bonds. The fourth-order valence-electron chi connectivity index (χ4n) is 2.56. The average Bonchev–Trinajstić information content (AvgIpc) is 2.87. The summed E-state index contributed by atoms with van der Waals surface area (Å²) in [6.45, 7) is 3.87. The zero-order valence-electron chi connectivity index (χ0n) is 13.4. The van der Waals surface area contributed by atoms with Crippen molar-refractivity contribution in [2.75, 3.05) is 12.4 Å². The molecule has 0 aliphatic heterocycles. The molecule has 0 radical (unpaired) electrons. The Morgan fingerprint density at radius 1 is 1.17 bits per heavy atom. The molecule has 0 atom stereocenters. The summed E-state index contributed by atoms with van der Waals surface area (Å²) in [7, 11) is 1.59. The summed E-state index contributed by atoms with van der Waals surface area (Å²) in [5.41, 5.74) is 2.56. The zero-order valence-corrected chi connectivity index (χ0v) is 15.7. The van der Waals surface area contributed by atoms with Gasteiger partial charge in [-0.1, -0.05) is 29.3 Å². The molecule has 0 bridgehead atoms. The van der Waals surface area contributed by atoms with Crippen LogP contribution in [0.15, 0.2) is 30.3 Å². The minimum atomic E-state index is -0.269. The minimum Gasteiger partial charge on any atom is -0.497 e. The molecule has 2 aromatic carbocycles. The molecule has 0 spiro atoms. The number of amides is 1. The second-order valence-corrected chi connectivity index (χ2v) is 7.34. The molecule has 124 valence electrons. The van der Waals surface area contributed by atoms with Gasteiger partial charge in [-0.3, -0.25) is 4.79 Å². The Morgan fingerprint density at radius 2 is 1.92 bits per heavy atom. The fraction of sp³-hybridized carbons (Fsp3) is 0.167. The number of hydrogen-bond acceptors (Lipinski definition) is 3. The van der Waals surface area contributed by atoms with Crippen LogP contribution in [-0.4, -0.2) is 13.0 Å². The third-order valence-electron chi connectivity index (χ3n) is 3.71. The van der Waals surface area contributed by atoms with Gasteiger partial charge in [-0.05, 0) is 49.2 Å². The predicted octanol–water partition coefficient (Wildman–Crippen LogP) is 6.09. The van der Waals surface area contributed by atoms with Gasteiger partial charge >= 0.3 is 0 Å². The summed E-state index contributed by atoms with van der Waals surface area (Å²) < 4.78 is 6.14. The van der Waals surface area contributed by atoms with Crippen LogP contribution < -0.4 is 10.1 Å². The average molecular weight is 380 g/mol. The van der Waals surface area contributed by atoms with Gasteiger partial charge in [0.15, 0.2) is 0 Å². The van der Waals surface area contributed by atoms with Gasteiger partial charge in [-0.15, -0.1) is 11.3 Å². The molecule has 0 unspecified atom stereocenters. The van der Waals surface area contributed by atoms with Gasteiger partial charge in [-0.25, -0.2) is 0 Å². The van der Waals surface area contributed by atoms with Crippen LogP contribution in [-0.2, 0) is 0 Å². The van der Waals surface area contributed by atoms with Gasteiger partial charge in [0.05, 0.1) is 22.8 Å². The molecule has 0 fully saturated rings. The number of nitrogens with one attached hydrogen (secondary N) is 1. The smallest absolute Gasteiger partial charge is 0.267 e. The first-order valence-electron chi connectivity index (χ1n) is 7.25. The number of halogens is 2. The third-order valence-corrected chi connectivity index (χ3v) is 5.68. The standard InChI is InChI=1S/C18H15Cl2NO2S/c1-9-6-10(2)16(13(19)7-9)21-18(22)17-15(20)12-8-11(23-3)4-5-14(12)24-17/h4-8H,1-3H3,(H,21,22). The Bertz CT molecular complexity index is 927. The summed E-state index contributed by atoms with van der Waals surface area (Å²) in [6.07, 6.45) is 0. The summed E-state index contributed by atoms with van der Waals surface area (Å²) in [5.74, 6) is 0.431. The molecular formula is C18H15Cl2NO2S. The number of ether oxygens (including phenoxy) is 1. The number of hydrogen-bond donors (Lipinski definition) is 1. The van der Waals surface area contributed by atoms with E-state index in [1.165, 1.54) is 11.3 Å². The van der Waals surface area contributed by atoms with Crippen molar-refractivity contribution in [3.05, 3.63) is 56.4 Å². The molecule has 0 saturated heterocycles. The van der Waals surface area contributed by atoms with Crippen LogP contribution in [0, 0.1) is 13.8 Å². The summed E-state index contributed by atoms with van der Waals surface area (Å²) in [5, 5.41) is 4.62. The van der Waals surface area contributed by atoms with Crippen LogP contribution in [0.25, 0.3) is 10.1 Å². The van der Waals surface area contributed by atoms with E-state index in [-0.39, 0.29) is 5.91 Å². The third kappa shape index (κ3) is 3.09. The van der Waals surface area contributed by atoms with Crippen molar-refractivity contribution >= 4 is 56.2 Å². The van der Waals surface area contributed by atoms with Crippen molar-refractivity contribution in [3.8, 4) is 5.75 Å². The highest BCUT2D eigenvalue weighted by Crippen LogP contribution is 2.38. The van der Waals surface area contributed by atoms with E-state index in [2.05, 4.69) is 5.32 Å². The molecule has 6 heteroatoms. The Labute approximate surface area is 154 Å². The van der Waals surface area contributed by atoms with Crippen molar-refractivity contribution in [2.24, 2.45) is 0 Å². The van der Waals surface area contributed by atoms with Crippen LogP contribution >= 0.6 is 34.5 Å². The van der Waals surface area contributed by atoms with Gasteiger partial charge < -0.3 is 10.1 Å². The second-order valence-electron chi connectivity index (χ2n) is 5.50. The topological polar surface area (TPSA) is 38.3 Å². The van der Waals surface area contributed by atoms with Crippen LogP contribution in [0.5, 0.6) is 5.75 Å². The molecule has 0 aliphatic rings. The molecule has 3 rings (SSSR count). The van der Waals surface area contributed by atoms with E-state index in [1.807, 2.05) is 44.2 Å². The quantitative estimate of drug-likeness (QED) is 0.598. The molecular weight excluding hydrogens is 365 g/mol. The Balaban J connectivity index is 1.99. The normalized spacial score (nSPS) is 10.9. The number of carbonyl (C=O) groups excluding carboxylic acids is 1. The van der Waals surface area contributed by atoms with Crippen LogP contribution in [0.2, 0.25) is 10.0 Å². The lowest BCUT2D eigenvalue weighted by molar-refractivity contribution is 0.103. The maximum atomic E-state index is 12.7. The number of benzene rings is 2. The number of thiophene rings is 1. The summed E-state index contributed by atoms with van der Waals surface area (Å²) in [4.78, 5) is 13.1. The lowest BCUT2D eigenvalue weighted by Crippen LogP contribution is -2.12. The Morgan fingerprint density at radius 3 is 2.58 bits per heavy atom. The highest BCUT2D eigenvalue weighted by Gasteiger charge is 2.19. The maximum absolute atomic E-state index is 12.7. The molecule has 3 nitrogen and oxygen atoms in total. The first-order chi connectivity index (χ1) is 11.4. The van der Waals surface area contributed by atoms with E-state index in [0.29, 0.717) is 26.4 Å². The van der Waals surface area contributed by atoms with Gasteiger partial charge in [0.25, 0.3) is 5.91 Å². The number of carbonyl (C=O) groups is 1. The van der Waals surface area contributed by atoms with Crippen molar-refractivity contribution in [3.63, 3.8) is 0 Å². The molecule has 1 aromatic heterocycles. The molecule has 3 aromatic rings. The summed E-state index contributed by atoms with van der Waals surface area (Å²) >= 11 is 14.0. The van der Waals surface area contributed by atoms with E-state index >= 15 is 0 Å². The van der Waals surface area contributed by atoms with Crippen molar-refractivity contribution in [1.29, 1.82) is 0 Å². The van der Waals surface area contributed by atoms with E-state index in [4.69, 9.17) is 27.9 Å². The fourth-order valence-corrected chi connectivity index (χ4v) is 4.32. The SMILES string of the molecule is COc1ccc2sc(C(=O)Nc3c(C)cc(C)cc3Cl)c(Cl)c2c1. The van der Waals surface area contributed by atoms with Crippen molar-refractivity contribution in [2.45, 2.75) is 13.8 Å². The van der Waals surface area contributed by atoms with Gasteiger partial charge in [-0.2, -0.15) is 0 Å². The number of methoxy groups -OCH3 is 1. The molecule has 0 aliphatic carbocycles. The van der Waals surface area contributed by atoms with Crippen molar-refractivity contribution in [1.82, 2.24) is 0 Å². The van der Waals surface area contributed by atoms with E-state index < -0.39 is 0 Å². The van der Waals surface area contributed by atoms with Gasteiger partial charge in [0, 0.05) is 10.1 Å². The lowest BCUT2D eigenvalue weighted by atomic mass is 10.1. The number of anilines is 1. The first-order valence-corrected chi connectivity index (χ1v) is 8.82. The van der Waals surface area contributed by atoms with E-state index in [9.17, 15) is 4.79 Å². The number of rotatable bonds is 3. The molecule has 1 N–H and O–H groups in total. The Hall–Kier alpha value is -1.75. The molecule has 0 saturated carbocycles. The monoisotopic (exact) mass is 379 g/mol. The number of fused-ring (bicyclic) bond motifs is 1. The second kappa shape index (κ2) is 6.63. The Kier molecular flexibility index (Phi) is 4.72. The van der Waals surface area contributed by atoms with Gasteiger partial charge in [0.1, 0.15) is 10.6 Å². The van der Waals surface area contributed by atoms with E-state index in [1.54, 1.807) is 7.11 Å². The predicted molar refractivity (Wildman–Crippen MR) is 102 cm³/mol. The highest BCUT2D eigenvalue weighted by molar-refractivity contribution is 7.21. The molecule has 24 heavy (non-hydrogen) atoms. The van der Waals surface area contributed by atoms with Crippen LogP contribution in [0.3, 0.4) is 0 Å². The maximum Gasteiger partial charge on any atom is 0.267 e. The van der Waals surface area contributed by atoms with Crippen LogP contribution in [0.4, 0.5) is 5.69 Å². The van der Waals surface area contributed by atoms with E-state index in [0.717, 1.165) is 21.2 Å². The van der Waals surface area contributed by atoms with Gasteiger partial charge in [0.2, 0.25) is 0 Å². The lowest BCUT2D eigenvalue weighted by Gasteiger charge is -2.11. The summed E-state index contributed by atoms with van der Waals surface area (Å²) in [6, 6.07) is 9.36. The van der Waals surface area contributed by atoms with Crippen molar-refractivity contribution < 1.29 is 9.53 Å².